The molecule has 1 aromatic carbocycles. The van der Waals surface area contributed by atoms with Crippen LogP contribution in [-0.4, -0.2) is 11.0 Å². The Hall–Kier alpha value is -0.840. The molecule has 0 unspecified atom stereocenters. The summed E-state index contributed by atoms with van der Waals surface area (Å²) >= 11 is 3.64. The Morgan fingerprint density at radius 1 is 1.30 bits per heavy atom. The maximum atomic E-state index is 4.60. The molecule has 0 aliphatic heterocycles. The van der Waals surface area contributed by atoms with Gasteiger partial charge in [-0.3, -0.25) is 0 Å². The lowest BCUT2D eigenvalue weighted by Gasteiger charge is -2.04. The van der Waals surface area contributed by atoms with E-state index in [2.05, 4.69) is 46.9 Å². The molecule has 4 heteroatoms. The summed E-state index contributed by atoms with van der Waals surface area (Å²) in [5, 5.41) is 6.96. The lowest BCUT2D eigenvalue weighted by Crippen LogP contribution is -2.14. The van der Waals surface area contributed by atoms with E-state index in [-0.39, 0.29) is 0 Å². The highest BCUT2D eigenvalue weighted by Gasteiger charge is 2.19. The summed E-state index contributed by atoms with van der Waals surface area (Å²) < 4.78 is 0. The number of hydrogen-bond donors (Lipinski definition) is 1. The molecule has 0 atom stereocenters. The molecule has 1 aliphatic carbocycles. The summed E-state index contributed by atoms with van der Waals surface area (Å²) in [6, 6.07) is 9.69. The smallest absolute Gasteiger partial charge is 0.0925 e. The summed E-state index contributed by atoms with van der Waals surface area (Å²) in [5.41, 5.74) is 2.58. The zero-order chi connectivity index (χ0) is 13.8. The fraction of sp³-hybridized carbons (Fsp3) is 0.438. The molecule has 0 bridgehead atoms. The van der Waals surface area contributed by atoms with Gasteiger partial charge in [-0.1, -0.05) is 19.1 Å². The van der Waals surface area contributed by atoms with Gasteiger partial charge in [0.2, 0.25) is 0 Å². The van der Waals surface area contributed by atoms with Gasteiger partial charge in [-0.25, -0.2) is 4.98 Å². The number of aryl methyl sites for hydroxylation is 1. The van der Waals surface area contributed by atoms with E-state index in [4.69, 9.17) is 0 Å². The molecule has 1 fully saturated rings. The molecule has 1 heterocycles. The van der Waals surface area contributed by atoms with Crippen LogP contribution < -0.4 is 5.32 Å². The Morgan fingerprint density at radius 3 is 2.75 bits per heavy atom. The van der Waals surface area contributed by atoms with E-state index < -0.39 is 0 Å². The van der Waals surface area contributed by atoms with Crippen molar-refractivity contribution in [3.8, 4) is 0 Å². The molecule has 0 saturated heterocycles. The fourth-order valence-corrected chi connectivity index (χ4v) is 3.63. The molecule has 1 N–H and O–H groups in total. The normalized spacial score (nSPS) is 14.7. The van der Waals surface area contributed by atoms with Crippen molar-refractivity contribution in [2.75, 3.05) is 0 Å². The van der Waals surface area contributed by atoms with Crippen molar-refractivity contribution >= 4 is 23.1 Å². The standard InChI is InChI=1S/C16H20N2S2/c1-2-16-18-14(11-20-16)10-19-15-7-3-12(4-8-15)9-17-13-5-6-13/h3-4,7-8,11,13,17H,2,5-6,9-10H2,1H3. The zero-order valence-corrected chi connectivity index (χ0v) is 13.4. The average Bonchev–Trinajstić information content (AvgIpc) is 3.21. The molecule has 1 aromatic heterocycles. The van der Waals surface area contributed by atoms with E-state index in [0.717, 1.165) is 24.8 Å². The third-order valence-electron chi connectivity index (χ3n) is 3.38. The third kappa shape index (κ3) is 4.08. The molecule has 2 aromatic rings. The van der Waals surface area contributed by atoms with Crippen LogP contribution in [0.4, 0.5) is 0 Å². The maximum absolute atomic E-state index is 4.60. The second-order valence-corrected chi connectivity index (χ2v) is 7.17. The number of thioether (sulfide) groups is 1. The van der Waals surface area contributed by atoms with Gasteiger partial charge >= 0.3 is 0 Å². The Morgan fingerprint density at radius 2 is 2.10 bits per heavy atom. The topological polar surface area (TPSA) is 24.9 Å². The second kappa shape index (κ2) is 6.74. The van der Waals surface area contributed by atoms with Crippen LogP contribution in [0.1, 0.15) is 36.0 Å². The minimum atomic E-state index is 0.779. The second-order valence-electron chi connectivity index (χ2n) is 5.17. The molecule has 1 aliphatic rings. The summed E-state index contributed by atoms with van der Waals surface area (Å²) in [4.78, 5) is 5.93. The van der Waals surface area contributed by atoms with Gasteiger partial charge in [0.25, 0.3) is 0 Å². The van der Waals surface area contributed by atoms with E-state index in [1.165, 1.54) is 34.0 Å². The van der Waals surface area contributed by atoms with Crippen molar-refractivity contribution in [2.45, 2.75) is 49.4 Å². The van der Waals surface area contributed by atoms with Crippen LogP contribution in [0.25, 0.3) is 0 Å². The highest BCUT2D eigenvalue weighted by molar-refractivity contribution is 7.98. The van der Waals surface area contributed by atoms with E-state index in [9.17, 15) is 0 Å². The summed E-state index contributed by atoms with van der Waals surface area (Å²) in [5.74, 6) is 0.968. The Balaban J connectivity index is 1.49. The maximum Gasteiger partial charge on any atom is 0.0925 e. The van der Waals surface area contributed by atoms with Gasteiger partial charge in [-0.15, -0.1) is 23.1 Å². The Kier molecular flexibility index (Phi) is 4.76. The van der Waals surface area contributed by atoms with Gasteiger partial charge in [-0.05, 0) is 37.0 Å². The molecule has 20 heavy (non-hydrogen) atoms. The van der Waals surface area contributed by atoms with Crippen molar-refractivity contribution < 1.29 is 0 Å². The van der Waals surface area contributed by atoms with E-state index in [1.54, 1.807) is 11.3 Å². The molecular weight excluding hydrogens is 284 g/mol. The lowest BCUT2D eigenvalue weighted by molar-refractivity contribution is 0.687. The molecule has 1 saturated carbocycles. The largest absolute Gasteiger partial charge is 0.310 e. The number of aromatic nitrogens is 1. The molecule has 2 nitrogen and oxygen atoms in total. The van der Waals surface area contributed by atoms with Crippen molar-refractivity contribution in [1.29, 1.82) is 0 Å². The quantitative estimate of drug-likeness (QED) is 0.774. The van der Waals surface area contributed by atoms with Crippen LogP contribution in [0, 0.1) is 0 Å². The van der Waals surface area contributed by atoms with Crippen LogP contribution in [0.2, 0.25) is 0 Å². The van der Waals surface area contributed by atoms with Crippen molar-refractivity contribution in [1.82, 2.24) is 10.3 Å². The Bertz CT molecular complexity index is 544. The lowest BCUT2D eigenvalue weighted by atomic mass is 10.2. The van der Waals surface area contributed by atoms with Crippen molar-refractivity contribution in [3.05, 3.63) is 45.9 Å². The van der Waals surface area contributed by atoms with Crippen LogP contribution in [0.3, 0.4) is 0 Å². The first-order valence-electron chi connectivity index (χ1n) is 7.22. The molecule has 3 rings (SSSR count). The summed E-state index contributed by atoms with van der Waals surface area (Å²) in [6.07, 6.45) is 3.74. The molecule has 106 valence electrons. The number of nitrogens with zero attached hydrogens (tertiary/aromatic N) is 1. The van der Waals surface area contributed by atoms with Gasteiger partial charge in [0.1, 0.15) is 0 Å². The van der Waals surface area contributed by atoms with E-state index in [0.29, 0.717) is 0 Å². The molecule has 0 amide bonds. The number of hydrogen-bond acceptors (Lipinski definition) is 4. The highest BCUT2D eigenvalue weighted by Crippen LogP contribution is 2.24. The van der Waals surface area contributed by atoms with Gasteiger partial charge in [0, 0.05) is 28.6 Å². The number of nitrogens with one attached hydrogen (secondary N) is 1. The molecular formula is C16H20N2S2. The minimum absolute atomic E-state index is 0.779. The minimum Gasteiger partial charge on any atom is -0.310 e. The van der Waals surface area contributed by atoms with Gasteiger partial charge in [0.05, 0.1) is 10.7 Å². The predicted molar refractivity (Wildman–Crippen MR) is 87.4 cm³/mol. The van der Waals surface area contributed by atoms with Crippen molar-refractivity contribution in [2.24, 2.45) is 0 Å². The SMILES string of the molecule is CCc1nc(CSc2ccc(CNC3CC3)cc2)cs1. The monoisotopic (exact) mass is 304 g/mol. The van der Waals surface area contributed by atoms with Crippen LogP contribution in [0.5, 0.6) is 0 Å². The molecule has 0 radical (unpaired) electrons. The summed E-state index contributed by atoms with van der Waals surface area (Å²) in [6.45, 7) is 3.16. The van der Waals surface area contributed by atoms with E-state index >= 15 is 0 Å². The molecule has 0 spiro atoms. The Labute approximate surface area is 129 Å². The van der Waals surface area contributed by atoms with Gasteiger partial charge in [0.15, 0.2) is 0 Å². The zero-order valence-electron chi connectivity index (χ0n) is 11.8. The third-order valence-corrected chi connectivity index (χ3v) is 5.47. The van der Waals surface area contributed by atoms with Crippen LogP contribution in [-0.2, 0) is 18.7 Å². The van der Waals surface area contributed by atoms with Crippen molar-refractivity contribution in [3.63, 3.8) is 0 Å². The number of benzene rings is 1. The van der Waals surface area contributed by atoms with Gasteiger partial charge in [-0.2, -0.15) is 0 Å². The number of rotatable bonds is 7. The fourth-order valence-electron chi connectivity index (χ4n) is 1.99. The average molecular weight is 304 g/mol. The predicted octanol–water partition coefficient (Wildman–Crippen LogP) is 4.25. The van der Waals surface area contributed by atoms with Gasteiger partial charge < -0.3 is 5.32 Å². The number of thiazole rings is 1. The van der Waals surface area contributed by atoms with Crippen LogP contribution in [0.15, 0.2) is 34.5 Å². The van der Waals surface area contributed by atoms with Crippen LogP contribution >= 0.6 is 23.1 Å². The first-order chi connectivity index (χ1) is 9.83. The first-order valence-corrected chi connectivity index (χ1v) is 9.08. The highest BCUT2D eigenvalue weighted by atomic mass is 32.2. The first kappa shape index (κ1) is 14.1. The van der Waals surface area contributed by atoms with E-state index in [1.807, 2.05) is 11.8 Å². The summed E-state index contributed by atoms with van der Waals surface area (Å²) in [7, 11) is 0.